The summed E-state index contributed by atoms with van der Waals surface area (Å²) >= 11 is 0. The third kappa shape index (κ3) is 2.27. The zero-order chi connectivity index (χ0) is 10.7. The van der Waals surface area contributed by atoms with Gasteiger partial charge in [0.15, 0.2) is 0 Å². The van der Waals surface area contributed by atoms with E-state index in [0.717, 1.165) is 0 Å². The highest BCUT2D eigenvalue weighted by molar-refractivity contribution is 6.03. The summed E-state index contributed by atoms with van der Waals surface area (Å²) in [7, 11) is 0. The summed E-state index contributed by atoms with van der Waals surface area (Å²) in [6.45, 7) is 1.58. The predicted octanol–water partition coefficient (Wildman–Crippen LogP) is 0.174. The Labute approximate surface area is 80.4 Å². The Morgan fingerprint density at radius 2 is 2.14 bits per heavy atom. The highest BCUT2D eigenvalue weighted by Gasteiger charge is 2.46. The Hall–Kier alpha value is -1.46. The molecule has 6 nitrogen and oxygen atoms in total. The minimum Gasteiger partial charge on any atom is -0.461 e. The fourth-order valence-electron chi connectivity index (χ4n) is 1.12. The average molecular weight is 201 g/mol. The van der Waals surface area contributed by atoms with E-state index in [1.165, 1.54) is 6.92 Å². The highest BCUT2D eigenvalue weighted by Crippen LogP contribution is 2.31. The number of carbonyl (C=O) groups is 2. The number of Topliss-reactive ketones (excluding diaryl/α,β-unsaturated/α-hetero) is 1. The molecule has 1 unspecified atom stereocenters. The van der Waals surface area contributed by atoms with Crippen LogP contribution in [0.4, 0.5) is 0 Å². The second-order valence-corrected chi connectivity index (χ2v) is 3.12. The van der Waals surface area contributed by atoms with Crippen LogP contribution in [0.1, 0.15) is 19.8 Å². The Kier molecular flexibility index (Phi) is 3.16. The van der Waals surface area contributed by atoms with Gasteiger partial charge >= 0.3 is 12.0 Å². The summed E-state index contributed by atoms with van der Waals surface area (Å²) in [6.07, 6.45) is 1.28. The van der Waals surface area contributed by atoms with Crippen LogP contribution < -0.4 is 0 Å². The van der Waals surface area contributed by atoms with Crippen molar-refractivity contribution in [2.24, 2.45) is 5.92 Å². The van der Waals surface area contributed by atoms with E-state index in [1.807, 2.05) is 0 Å². The van der Waals surface area contributed by atoms with Crippen LogP contribution in [0.5, 0.6) is 0 Å². The van der Waals surface area contributed by atoms with Gasteiger partial charge in [0, 0.05) is 10.8 Å². The van der Waals surface area contributed by atoms with E-state index in [-0.39, 0.29) is 12.5 Å². The molecule has 1 aliphatic rings. The molecule has 0 amide bonds. The lowest BCUT2D eigenvalue weighted by Crippen LogP contribution is -2.39. The van der Waals surface area contributed by atoms with Gasteiger partial charge in [-0.3, -0.25) is 14.9 Å². The highest BCUT2D eigenvalue weighted by atomic mass is 16.6. The van der Waals surface area contributed by atoms with Crippen LogP contribution in [0.15, 0.2) is 0 Å². The number of carbonyl (C=O) groups excluding carboxylic acids is 2. The SMILES string of the molecule is CCOC(=O)C(C(=O)C1CC1)[N+](=O)[O-]. The molecule has 0 bridgehead atoms. The Morgan fingerprint density at radius 1 is 1.57 bits per heavy atom. The smallest absolute Gasteiger partial charge is 0.389 e. The van der Waals surface area contributed by atoms with Crippen molar-refractivity contribution in [3.05, 3.63) is 10.1 Å². The van der Waals surface area contributed by atoms with Gasteiger partial charge in [-0.25, -0.2) is 4.79 Å². The third-order valence-electron chi connectivity index (χ3n) is 1.97. The fourth-order valence-corrected chi connectivity index (χ4v) is 1.12. The molecule has 1 fully saturated rings. The van der Waals surface area contributed by atoms with Crippen molar-refractivity contribution in [3.8, 4) is 0 Å². The summed E-state index contributed by atoms with van der Waals surface area (Å²) in [4.78, 5) is 32.0. The lowest BCUT2D eigenvalue weighted by molar-refractivity contribution is -0.496. The van der Waals surface area contributed by atoms with E-state index in [0.29, 0.717) is 12.8 Å². The van der Waals surface area contributed by atoms with Crippen molar-refractivity contribution in [2.45, 2.75) is 25.8 Å². The molecule has 0 saturated heterocycles. The van der Waals surface area contributed by atoms with Gasteiger partial charge in [-0.2, -0.15) is 0 Å². The van der Waals surface area contributed by atoms with Crippen molar-refractivity contribution in [1.82, 2.24) is 0 Å². The van der Waals surface area contributed by atoms with Crippen LogP contribution in [0.25, 0.3) is 0 Å². The predicted molar refractivity (Wildman–Crippen MR) is 45.1 cm³/mol. The lowest BCUT2D eigenvalue weighted by atomic mass is 10.1. The Morgan fingerprint density at radius 3 is 2.50 bits per heavy atom. The van der Waals surface area contributed by atoms with Crippen LogP contribution in [-0.2, 0) is 14.3 Å². The molecule has 0 radical (unpaired) electrons. The number of ketones is 1. The third-order valence-corrected chi connectivity index (χ3v) is 1.97. The summed E-state index contributed by atoms with van der Waals surface area (Å²) in [5.41, 5.74) is 0. The minimum absolute atomic E-state index is 0.0428. The number of hydrogen-bond donors (Lipinski definition) is 0. The molecular formula is C8H11NO5. The van der Waals surface area contributed by atoms with Gasteiger partial charge in [0.25, 0.3) is 0 Å². The normalized spacial score (nSPS) is 17.2. The van der Waals surface area contributed by atoms with Crippen molar-refractivity contribution >= 4 is 11.8 Å². The summed E-state index contributed by atoms with van der Waals surface area (Å²) in [5, 5.41) is 10.5. The maximum Gasteiger partial charge on any atom is 0.389 e. The van der Waals surface area contributed by atoms with E-state index in [9.17, 15) is 19.7 Å². The topological polar surface area (TPSA) is 86.5 Å². The first kappa shape index (κ1) is 10.6. The van der Waals surface area contributed by atoms with Crippen LogP contribution in [0.2, 0.25) is 0 Å². The summed E-state index contributed by atoms with van der Waals surface area (Å²) < 4.78 is 4.46. The Balaban J connectivity index is 2.67. The molecule has 0 heterocycles. The van der Waals surface area contributed by atoms with Crippen molar-refractivity contribution in [2.75, 3.05) is 6.61 Å². The molecule has 78 valence electrons. The first-order valence-corrected chi connectivity index (χ1v) is 4.41. The van der Waals surface area contributed by atoms with Gasteiger partial charge in [0.1, 0.15) is 0 Å². The van der Waals surface area contributed by atoms with E-state index in [4.69, 9.17) is 0 Å². The van der Waals surface area contributed by atoms with Gasteiger partial charge in [-0.15, -0.1) is 0 Å². The zero-order valence-electron chi connectivity index (χ0n) is 7.76. The molecule has 1 atom stereocenters. The van der Waals surface area contributed by atoms with Crippen molar-refractivity contribution in [3.63, 3.8) is 0 Å². The lowest BCUT2D eigenvalue weighted by Gasteiger charge is -2.06. The van der Waals surface area contributed by atoms with E-state index < -0.39 is 22.7 Å². The molecule has 0 aromatic rings. The summed E-state index contributed by atoms with van der Waals surface area (Å²) in [5.74, 6) is -1.97. The fraction of sp³-hybridized carbons (Fsp3) is 0.750. The second kappa shape index (κ2) is 4.17. The minimum atomic E-state index is -1.82. The molecule has 1 rings (SSSR count). The maximum atomic E-state index is 11.3. The number of esters is 1. The van der Waals surface area contributed by atoms with Crippen LogP contribution in [0.3, 0.4) is 0 Å². The molecule has 0 aliphatic heterocycles. The van der Waals surface area contributed by atoms with E-state index in [2.05, 4.69) is 4.74 Å². The maximum absolute atomic E-state index is 11.3. The quantitative estimate of drug-likeness (QED) is 0.274. The summed E-state index contributed by atoms with van der Waals surface area (Å²) in [6, 6.07) is -1.82. The zero-order valence-corrected chi connectivity index (χ0v) is 7.76. The largest absolute Gasteiger partial charge is 0.461 e. The van der Waals surface area contributed by atoms with Gasteiger partial charge in [-0.05, 0) is 19.8 Å². The second-order valence-electron chi connectivity index (χ2n) is 3.12. The van der Waals surface area contributed by atoms with Crippen LogP contribution in [-0.4, -0.2) is 29.3 Å². The van der Waals surface area contributed by atoms with Gasteiger partial charge in [0.05, 0.1) is 6.61 Å². The number of nitrogens with zero attached hydrogens (tertiary/aromatic N) is 1. The van der Waals surface area contributed by atoms with Gasteiger partial charge < -0.3 is 4.74 Å². The van der Waals surface area contributed by atoms with Gasteiger partial charge in [-0.1, -0.05) is 0 Å². The molecule has 6 heteroatoms. The molecule has 0 spiro atoms. The molecule has 14 heavy (non-hydrogen) atoms. The monoisotopic (exact) mass is 201 g/mol. The molecule has 0 aromatic carbocycles. The van der Waals surface area contributed by atoms with Crippen LogP contribution >= 0.6 is 0 Å². The average Bonchev–Trinajstić information content (AvgIpc) is 2.85. The molecule has 1 saturated carbocycles. The van der Waals surface area contributed by atoms with Gasteiger partial charge in [0.2, 0.25) is 5.78 Å². The van der Waals surface area contributed by atoms with E-state index in [1.54, 1.807) is 0 Å². The number of ether oxygens (including phenoxy) is 1. The first-order chi connectivity index (χ1) is 6.57. The standard InChI is InChI=1S/C8H11NO5/c1-2-14-8(11)6(9(12)13)7(10)5-3-4-5/h5-6H,2-4H2,1H3. The first-order valence-electron chi connectivity index (χ1n) is 4.41. The molecule has 0 N–H and O–H groups in total. The number of rotatable bonds is 5. The molecule has 0 aromatic heterocycles. The number of hydrogen-bond acceptors (Lipinski definition) is 5. The Bertz CT molecular complexity index is 271. The van der Waals surface area contributed by atoms with Crippen LogP contribution in [0, 0.1) is 16.0 Å². The van der Waals surface area contributed by atoms with Crippen molar-refractivity contribution < 1.29 is 19.2 Å². The number of nitro groups is 1. The molecular weight excluding hydrogens is 190 g/mol. The molecule has 1 aliphatic carbocycles. The van der Waals surface area contributed by atoms with Crippen molar-refractivity contribution in [1.29, 1.82) is 0 Å². The van der Waals surface area contributed by atoms with E-state index >= 15 is 0 Å².